The van der Waals surface area contributed by atoms with Gasteiger partial charge in [-0.1, -0.05) is 49.4 Å². The third kappa shape index (κ3) is 4.04. The molecule has 1 aliphatic rings. The van der Waals surface area contributed by atoms with Crippen LogP contribution in [0.4, 0.5) is 4.79 Å². The van der Waals surface area contributed by atoms with Crippen molar-refractivity contribution in [2.45, 2.75) is 31.7 Å². The first-order chi connectivity index (χ1) is 12.6. The maximum absolute atomic E-state index is 12.8. The molecule has 2 aromatic rings. The van der Waals surface area contributed by atoms with E-state index in [0.29, 0.717) is 6.42 Å². The fourth-order valence-electron chi connectivity index (χ4n) is 3.21. The molecule has 0 aromatic heterocycles. The van der Waals surface area contributed by atoms with Gasteiger partial charge in [0.05, 0.1) is 13.2 Å². The minimum Gasteiger partial charge on any atom is -0.497 e. The molecule has 0 bridgehead atoms. The van der Waals surface area contributed by atoms with Crippen molar-refractivity contribution in [1.29, 1.82) is 0 Å². The summed E-state index contributed by atoms with van der Waals surface area (Å²) >= 11 is 0. The number of imide groups is 1. The van der Waals surface area contributed by atoms with Crippen molar-refractivity contribution in [3.05, 3.63) is 65.7 Å². The Bertz CT molecular complexity index is 757. The fraction of sp³-hybridized carbons (Fsp3) is 0.333. The first-order valence-corrected chi connectivity index (χ1v) is 8.75. The zero-order chi connectivity index (χ0) is 18.5. The summed E-state index contributed by atoms with van der Waals surface area (Å²) in [6, 6.07) is 17.2. The van der Waals surface area contributed by atoms with Crippen LogP contribution in [-0.2, 0) is 16.0 Å². The Hall–Kier alpha value is -2.82. The van der Waals surface area contributed by atoms with Crippen molar-refractivity contribution >= 4 is 12.0 Å². The van der Waals surface area contributed by atoms with E-state index in [2.05, 4.69) is 0 Å². The molecule has 0 N–H and O–H groups in total. The van der Waals surface area contributed by atoms with E-state index in [-0.39, 0.29) is 30.9 Å². The second kappa shape index (κ2) is 8.04. The third-order valence-corrected chi connectivity index (χ3v) is 4.71. The monoisotopic (exact) mass is 353 g/mol. The number of hydrogen-bond acceptors (Lipinski definition) is 4. The number of cyclic esters (lactones) is 1. The number of benzene rings is 2. The molecule has 0 spiro atoms. The average Bonchev–Trinajstić information content (AvgIpc) is 3.02. The molecule has 2 amide bonds. The van der Waals surface area contributed by atoms with Gasteiger partial charge in [0.1, 0.15) is 12.4 Å². The highest BCUT2D eigenvalue weighted by Gasteiger charge is 2.38. The first-order valence-electron chi connectivity index (χ1n) is 8.75. The summed E-state index contributed by atoms with van der Waals surface area (Å²) in [7, 11) is 1.62. The average molecular weight is 353 g/mol. The lowest BCUT2D eigenvalue weighted by Gasteiger charge is -2.21. The van der Waals surface area contributed by atoms with Crippen LogP contribution in [0.1, 0.15) is 30.4 Å². The largest absolute Gasteiger partial charge is 0.497 e. The Morgan fingerprint density at radius 1 is 1.19 bits per heavy atom. The van der Waals surface area contributed by atoms with Crippen molar-refractivity contribution in [3.8, 4) is 5.75 Å². The maximum atomic E-state index is 12.8. The van der Waals surface area contributed by atoms with Gasteiger partial charge in [0, 0.05) is 6.42 Å². The fourth-order valence-corrected chi connectivity index (χ4v) is 3.21. The van der Waals surface area contributed by atoms with Crippen LogP contribution >= 0.6 is 0 Å². The molecular weight excluding hydrogens is 330 g/mol. The van der Waals surface area contributed by atoms with Crippen molar-refractivity contribution in [1.82, 2.24) is 4.90 Å². The predicted octanol–water partition coefficient (Wildman–Crippen LogP) is 3.78. The molecule has 5 heteroatoms. The van der Waals surface area contributed by atoms with Gasteiger partial charge in [-0.3, -0.25) is 4.79 Å². The van der Waals surface area contributed by atoms with Gasteiger partial charge in [-0.2, -0.15) is 0 Å². The van der Waals surface area contributed by atoms with Gasteiger partial charge in [0.2, 0.25) is 5.91 Å². The second-order valence-corrected chi connectivity index (χ2v) is 6.56. The smallest absolute Gasteiger partial charge is 0.416 e. The molecule has 0 saturated carbocycles. The molecule has 3 rings (SSSR count). The molecule has 0 aliphatic carbocycles. The van der Waals surface area contributed by atoms with Crippen molar-refractivity contribution in [3.63, 3.8) is 0 Å². The number of amides is 2. The lowest BCUT2D eigenvalue weighted by atomic mass is 9.96. The van der Waals surface area contributed by atoms with Crippen molar-refractivity contribution in [2.75, 3.05) is 13.7 Å². The quantitative estimate of drug-likeness (QED) is 0.793. The molecule has 5 nitrogen and oxygen atoms in total. The topological polar surface area (TPSA) is 55.8 Å². The summed E-state index contributed by atoms with van der Waals surface area (Å²) in [6.07, 6.45) is 0.319. The molecule has 1 fully saturated rings. The van der Waals surface area contributed by atoms with E-state index >= 15 is 0 Å². The molecule has 0 radical (unpaired) electrons. The van der Waals surface area contributed by atoms with E-state index in [1.807, 2.05) is 61.5 Å². The maximum Gasteiger partial charge on any atom is 0.416 e. The number of ether oxygens (including phenoxy) is 2. The minimum atomic E-state index is -0.544. The zero-order valence-corrected chi connectivity index (χ0v) is 15.1. The normalized spacial score (nSPS) is 17.7. The lowest BCUT2D eigenvalue weighted by Crippen LogP contribution is -2.40. The summed E-state index contributed by atoms with van der Waals surface area (Å²) in [5, 5.41) is 0. The van der Waals surface area contributed by atoms with Gasteiger partial charge in [-0.15, -0.1) is 0 Å². The molecule has 1 heterocycles. The van der Waals surface area contributed by atoms with Crippen LogP contribution in [0, 0.1) is 0 Å². The Balaban J connectivity index is 1.67. The highest BCUT2D eigenvalue weighted by Crippen LogP contribution is 2.25. The van der Waals surface area contributed by atoms with Crippen LogP contribution in [0.5, 0.6) is 5.75 Å². The van der Waals surface area contributed by atoms with E-state index in [1.165, 1.54) is 4.90 Å². The molecule has 0 unspecified atom stereocenters. The highest BCUT2D eigenvalue weighted by molar-refractivity contribution is 5.93. The van der Waals surface area contributed by atoms with Crippen LogP contribution in [0.2, 0.25) is 0 Å². The molecule has 2 aromatic carbocycles. The van der Waals surface area contributed by atoms with Crippen LogP contribution in [0.3, 0.4) is 0 Å². The van der Waals surface area contributed by atoms with Crippen LogP contribution in [0.15, 0.2) is 54.6 Å². The van der Waals surface area contributed by atoms with E-state index < -0.39 is 6.09 Å². The van der Waals surface area contributed by atoms with E-state index in [9.17, 15) is 9.59 Å². The summed E-state index contributed by atoms with van der Waals surface area (Å²) in [6.45, 7) is 2.23. The van der Waals surface area contributed by atoms with Gasteiger partial charge in [0.25, 0.3) is 0 Å². The molecular formula is C21H23NO4. The van der Waals surface area contributed by atoms with E-state index in [4.69, 9.17) is 9.47 Å². The number of nitrogens with zero attached hydrogens (tertiary/aromatic N) is 1. The summed E-state index contributed by atoms with van der Waals surface area (Å²) < 4.78 is 10.3. The molecule has 136 valence electrons. The summed E-state index contributed by atoms with van der Waals surface area (Å²) in [5.41, 5.74) is 2.11. The second-order valence-electron chi connectivity index (χ2n) is 6.56. The lowest BCUT2D eigenvalue weighted by molar-refractivity contribution is -0.129. The van der Waals surface area contributed by atoms with Crippen LogP contribution in [0.25, 0.3) is 0 Å². The number of carbonyl (C=O) groups is 2. The van der Waals surface area contributed by atoms with Crippen molar-refractivity contribution in [2.24, 2.45) is 0 Å². The molecule has 2 atom stereocenters. The van der Waals surface area contributed by atoms with Gasteiger partial charge < -0.3 is 9.47 Å². The zero-order valence-electron chi connectivity index (χ0n) is 15.1. The standard InChI is InChI=1S/C21H23NO4/c1-15(17-8-10-19(25-2)11-9-17)12-20(23)22-18(14-26-21(22)24)13-16-6-4-3-5-7-16/h3-11,15,18H,12-14H2,1-2H3/t15-,18-/m0/s1. The first kappa shape index (κ1) is 18.0. The van der Waals surface area contributed by atoms with Crippen molar-refractivity contribution < 1.29 is 19.1 Å². The van der Waals surface area contributed by atoms with Crippen LogP contribution < -0.4 is 4.74 Å². The number of carbonyl (C=O) groups excluding carboxylic acids is 2. The summed E-state index contributed by atoms with van der Waals surface area (Å²) in [5.74, 6) is 0.578. The van der Waals surface area contributed by atoms with E-state index in [0.717, 1.165) is 16.9 Å². The molecule has 1 saturated heterocycles. The SMILES string of the molecule is COc1ccc([C@@H](C)CC(=O)N2C(=O)OC[C@@H]2Cc2ccccc2)cc1. The highest BCUT2D eigenvalue weighted by atomic mass is 16.6. The Morgan fingerprint density at radius 2 is 1.88 bits per heavy atom. The van der Waals surface area contributed by atoms with Gasteiger partial charge in [-0.05, 0) is 35.6 Å². The third-order valence-electron chi connectivity index (χ3n) is 4.71. The molecule has 26 heavy (non-hydrogen) atoms. The van der Waals surface area contributed by atoms with Gasteiger partial charge in [0.15, 0.2) is 0 Å². The number of rotatable bonds is 6. The predicted molar refractivity (Wildman–Crippen MR) is 98.2 cm³/mol. The molecule has 1 aliphatic heterocycles. The number of hydrogen-bond donors (Lipinski definition) is 0. The minimum absolute atomic E-state index is 0.000758. The van der Waals surface area contributed by atoms with E-state index in [1.54, 1.807) is 7.11 Å². The Morgan fingerprint density at radius 3 is 2.54 bits per heavy atom. The summed E-state index contributed by atoms with van der Waals surface area (Å²) in [4.78, 5) is 26.1. The van der Waals surface area contributed by atoms with Crippen LogP contribution in [-0.4, -0.2) is 36.7 Å². The number of methoxy groups -OCH3 is 1. The Labute approximate surface area is 153 Å². The van der Waals surface area contributed by atoms with Gasteiger partial charge >= 0.3 is 6.09 Å². The Kier molecular flexibility index (Phi) is 5.56. The van der Waals surface area contributed by atoms with Gasteiger partial charge in [-0.25, -0.2) is 9.69 Å².